The van der Waals surface area contributed by atoms with Crippen molar-refractivity contribution in [3.8, 4) is 0 Å². The first-order valence-electron chi connectivity index (χ1n) is 3.97. The summed E-state index contributed by atoms with van der Waals surface area (Å²) in [5.41, 5.74) is 0. The Morgan fingerprint density at radius 2 is 2.09 bits per heavy atom. The minimum absolute atomic E-state index is 0.0250. The van der Waals surface area contributed by atoms with Gasteiger partial charge < -0.3 is 5.11 Å². The average molecular weight is 150 g/mol. The molecule has 1 N–H and O–H groups in total. The molecule has 1 rings (SSSR count). The molecule has 1 nitrogen and oxygen atoms in total. The third kappa shape index (κ3) is 3.19. The van der Waals surface area contributed by atoms with Gasteiger partial charge in [-0.2, -0.15) is 0 Å². The quantitative estimate of drug-likeness (QED) is 0.608. The first-order chi connectivity index (χ1) is 5.34. The van der Waals surface area contributed by atoms with Gasteiger partial charge in [0.15, 0.2) is 0 Å². The van der Waals surface area contributed by atoms with Crippen LogP contribution in [0.4, 0.5) is 0 Å². The predicted molar refractivity (Wildman–Crippen MR) is 47.2 cm³/mol. The van der Waals surface area contributed by atoms with Gasteiger partial charge in [0.1, 0.15) is 0 Å². The maximum absolute atomic E-state index is 8.96. The lowest BCUT2D eigenvalue weighted by molar-refractivity contribution is 0.260. The Bertz CT molecular complexity index is 179. The van der Waals surface area contributed by atoms with Crippen LogP contribution in [0.5, 0.6) is 0 Å². The Morgan fingerprint density at radius 1 is 1.36 bits per heavy atom. The summed E-state index contributed by atoms with van der Waals surface area (Å²) >= 11 is 0. The second-order valence-corrected chi connectivity index (χ2v) is 2.85. The standard InChI is InChI=1S/C10H14O/c1-2-3-4-5-6-7-9-8-10(9)11/h2-6,9-11H,1,7-8H2/b4-3-,6-5-. The van der Waals surface area contributed by atoms with Crippen molar-refractivity contribution in [1.29, 1.82) is 0 Å². The van der Waals surface area contributed by atoms with E-state index >= 15 is 0 Å². The molecule has 0 bridgehead atoms. The van der Waals surface area contributed by atoms with Gasteiger partial charge in [-0.15, -0.1) is 0 Å². The van der Waals surface area contributed by atoms with Gasteiger partial charge in [0, 0.05) is 0 Å². The molecule has 0 spiro atoms. The first kappa shape index (κ1) is 8.28. The Hall–Kier alpha value is -0.820. The minimum Gasteiger partial charge on any atom is -0.393 e. The molecular formula is C10H14O. The highest BCUT2D eigenvalue weighted by Gasteiger charge is 2.33. The molecule has 0 aromatic rings. The fraction of sp³-hybridized carbons (Fsp3) is 0.400. The van der Waals surface area contributed by atoms with Crippen molar-refractivity contribution in [3.63, 3.8) is 0 Å². The summed E-state index contributed by atoms with van der Waals surface area (Å²) in [5, 5.41) is 8.96. The molecule has 1 fully saturated rings. The zero-order chi connectivity index (χ0) is 8.10. The first-order valence-corrected chi connectivity index (χ1v) is 3.97. The van der Waals surface area contributed by atoms with Crippen LogP contribution in [0.3, 0.4) is 0 Å². The SMILES string of the molecule is C=C/C=C\C=C/CC1CC1O. The summed E-state index contributed by atoms with van der Waals surface area (Å²) in [4.78, 5) is 0. The van der Waals surface area contributed by atoms with Crippen LogP contribution in [0.15, 0.2) is 37.0 Å². The molecule has 2 atom stereocenters. The lowest BCUT2D eigenvalue weighted by atomic mass is 10.2. The second kappa shape index (κ2) is 4.14. The maximum atomic E-state index is 8.96. The van der Waals surface area contributed by atoms with Crippen LogP contribution in [0.25, 0.3) is 0 Å². The molecule has 0 amide bonds. The summed E-state index contributed by atoms with van der Waals surface area (Å²) < 4.78 is 0. The van der Waals surface area contributed by atoms with E-state index in [0.29, 0.717) is 5.92 Å². The molecule has 0 radical (unpaired) electrons. The summed E-state index contributed by atoms with van der Waals surface area (Å²) in [6, 6.07) is 0. The van der Waals surface area contributed by atoms with Crippen LogP contribution in [0.1, 0.15) is 12.8 Å². The topological polar surface area (TPSA) is 20.2 Å². The molecule has 1 aliphatic rings. The summed E-state index contributed by atoms with van der Waals surface area (Å²) in [6.07, 6.45) is 11.6. The molecule has 0 aliphatic heterocycles. The van der Waals surface area contributed by atoms with E-state index in [2.05, 4.69) is 12.7 Å². The van der Waals surface area contributed by atoms with Crippen molar-refractivity contribution < 1.29 is 5.11 Å². The number of hydrogen-bond donors (Lipinski definition) is 1. The highest BCUT2D eigenvalue weighted by atomic mass is 16.3. The van der Waals surface area contributed by atoms with Crippen molar-refractivity contribution in [2.24, 2.45) is 5.92 Å². The van der Waals surface area contributed by atoms with Crippen LogP contribution in [-0.4, -0.2) is 11.2 Å². The molecule has 2 unspecified atom stereocenters. The van der Waals surface area contributed by atoms with E-state index in [4.69, 9.17) is 5.11 Å². The minimum atomic E-state index is -0.0250. The lowest BCUT2D eigenvalue weighted by Crippen LogP contribution is -1.81. The number of hydrogen-bond acceptors (Lipinski definition) is 1. The highest BCUT2D eigenvalue weighted by molar-refractivity contribution is 5.09. The fourth-order valence-electron chi connectivity index (χ4n) is 0.960. The van der Waals surface area contributed by atoms with E-state index in [-0.39, 0.29) is 6.10 Å². The number of allylic oxidation sites excluding steroid dienone is 5. The van der Waals surface area contributed by atoms with Crippen LogP contribution in [0, 0.1) is 5.92 Å². The van der Waals surface area contributed by atoms with E-state index in [0.717, 1.165) is 12.8 Å². The smallest absolute Gasteiger partial charge is 0.0576 e. The molecule has 0 saturated heterocycles. The van der Waals surface area contributed by atoms with Crippen molar-refractivity contribution in [3.05, 3.63) is 37.0 Å². The summed E-state index contributed by atoms with van der Waals surface area (Å²) in [5.74, 6) is 0.531. The van der Waals surface area contributed by atoms with Crippen molar-refractivity contribution in [2.45, 2.75) is 18.9 Å². The van der Waals surface area contributed by atoms with Gasteiger partial charge >= 0.3 is 0 Å². The van der Waals surface area contributed by atoms with Gasteiger partial charge in [0.2, 0.25) is 0 Å². The molecule has 11 heavy (non-hydrogen) atoms. The van der Waals surface area contributed by atoms with E-state index < -0.39 is 0 Å². The lowest BCUT2D eigenvalue weighted by Gasteiger charge is -1.84. The molecule has 1 heteroatoms. The molecule has 0 heterocycles. The summed E-state index contributed by atoms with van der Waals surface area (Å²) in [7, 11) is 0. The average Bonchev–Trinajstić information content (AvgIpc) is 2.67. The van der Waals surface area contributed by atoms with Gasteiger partial charge in [0.05, 0.1) is 6.10 Å². The summed E-state index contributed by atoms with van der Waals surface area (Å²) in [6.45, 7) is 3.56. The van der Waals surface area contributed by atoms with E-state index in [9.17, 15) is 0 Å². The Kier molecular flexibility index (Phi) is 3.12. The maximum Gasteiger partial charge on any atom is 0.0576 e. The Labute approximate surface area is 67.7 Å². The van der Waals surface area contributed by atoms with Gasteiger partial charge in [-0.1, -0.05) is 37.0 Å². The zero-order valence-electron chi connectivity index (χ0n) is 6.61. The molecule has 1 saturated carbocycles. The van der Waals surface area contributed by atoms with Crippen molar-refractivity contribution >= 4 is 0 Å². The largest absolute Gasteiger partial charge is 0.393 e. The van der Waals surface area contributed by atoms with Crippen LogP contribution >= 0.6 is 0 Å². The number of aliphatic hydroxyl groups excluding tert-OH is 1. The third-order valence-electron chi connectivity index (χ3n) is 1.82. The molecule has 0 aromatic heterocycles. The number of rotatable bonds is 4. The molecule has 0 aromatic carbocycles. The van der Waals surface area contributed by atoms with Gasteiger partial charge in [-0.05, 0) is 18.8 Å². The Morgan fingerprint density at radius 3 is 2.64 bits per heavy atom. The van der Waals surface area contributed by atoms with Crippen LogP contribution < -0.4 is 0 Å². The predicted octanol–water partition coefficient (Wildman–Crippen LogP) is 2.06. The normalized spacial score (nSPS) is 29.9. The highest BCUT2D eigenvalue weighted by Crippen LogP contribution is 2.33. The van der Waals surface area contributed by atoms with Gasteiger partial charge in [0.25, 0.3) is 0 Å². The van der Waals surface area contributed by atoms with Gasteiger partial charge in [-0.3, -0.25) is 0 Å². The van der Waals surface area contributed by atoms with Crippen LogP contribution in [-0.2, 0) is 0 Å². The Balaban J connectivity index is 2.06. The van der Waals surface area contributed by atoms with E-state index in [1.54, 1.807) is 6.08 Å². The van der Waals surface area contributed by atoms with Gasteiger partial charge in [-0.25, -0.2) is 0 Å². The van der Waals surface area contributed by atoms with E-state index in [1.165, 1.54) is 0 Å². The fourth-order valence-corrected chi connectivity index (χ4v) is 0.960. The number of aliphatic hydroxyl groups is 1. The molecular weight excluding hydrogens is 136 g/mol. The monoisotopic (exact) mass is 150 g/mol. The molecule has 60 valence electrons. The van der Waals surface area contributed by atoms with Crippen molar-refractivity contribution in [2.75, 3.05) is 0 Å². The second-order valence-electron chi connectivity index (χ2n) is 2.85. The third-order valence-corrected chi connectivity index (χ3v) is 1.82. The van der Waals surface area contributed by atoms with Crippen molar-refractivity contribution in [1.82, 2.24) is 0 Å². The van der Waals surface area contributed by atoms with Crippen LogP contribution in [0.2, 0.25) is 0 Å². The van der Waals surface area contributed by atoms with E-state index in [1.807, 2.05) is 18.2 Å². The molecule has 1 aliphatic carbocycles. The zero-order valence-corrected chi connectivity index (χ0v) is 6.61.